The van der Waals surface area contributed by atoms with Crippen LogP contribution in [0.2, 0.25) is 0 Å². The van der Waals surface area contributed by atoms with Gasteiger partial charge in [0.2, 0.25) is 0 Å². The lowest BCUT2D eigenvalue weighted by molar-refractivity contribution is 0.668. The van der Waals surface area contributed by atoms with E-state index in [0.29, 0.717) is 5.82 Å². The first-order chi connectivity index (χ1) is 26.7. The molecule has 0 radical (unpaired) electrons. The highest BCUT2D eigenvalue weighted by Gasteiger charge is 2.16. The number of para-hydroxylation sites is 2. The van der Waals surface area contributed by atoms with Gasteiger partial charge >= 0.3 is 0 Å². The van der Waals surface area contributed by atoms with Gasteiger partial charge in [-0.05, 0) is 106 Å². The summed E-state index contributed by atoms with van der Waals surface area (Å²) in [6.07, 6.45) is 0. The van der Waals surface area contributed by atoms with Crippen LogP contribution in [-0.4, -0.2) is 9.97 Å². The fraction of sp³-hybridized carbons (Fsp3) is 0. The van der Waals surface area contributed by atoms with Crippen LogP contribution in [0.25, 0.3) is 111 Å². The zero-order chi connectivity index (χ0) is 35.6. The third-order valence-corrected chi connectivity index (χ3v) is 10.5. The molecule has 0 spiro atoms. The molecule has 11 rings (SSSR count). The Bertz CT molecular complexity index is 3230. The highest BCUT2D eigenvalue weighted by molar-refractivity contribution is 6.07. The maximum atomic E-state index is 6.20. The van der Waals surface area contributed by atoms with E-state index in [-0.39, 0.29) is 0 Å². The van der Waals surface area contributed by atoms with E-state index in [1.54, 1.807) is 0 Å². The average Bonchev–Trinajstić information content (AvgIpc) is 3.81. The molecule has 0 unspecified atom stereocenters. The maximum absolute atomic E-state index is 6.20. The van der Waals surface area contributed by atoms with Crippen LogP contribution in [0, 0.1) is 0 Å². The molecular weight excluding hydrogens is 661 g/mol. The van der Waals surface area contributed by atoms with Crippen molar-refractivity contribution in [2.24, 2.45) is 0 Å². The van der Waals surface area contributed by atoms with Gasteiger partial charge < -0.3 is 8.83 Å². The third-order valence-electron chi connectivity index (χ3n) is 10.5. The van der Waals surface area contributed by atoms with Crippen molar-refractivity contribution in [2.75, 3.05) is 0 Å². The quantitative estimate of drug-likeness (QED) is 0.180. The molecule has 3 heterocycles. The molecule has 4 nitrogen and oxygen atoms in total. The summed E-state index contributed by atoms with van der Waals surface area (Å²) >= 11 is 0. The largest absolute Gasteiger partial charge is 0.456 e. The zero-order valence-electron chi connectivity index (χ0n) is 29.0. The number of nitrogens with zero attached hydrogens (tertiary/aromatic N) is 2. The van der Waals surface area contributed by atoms with E-state index in [0.717, 1.165) is 94.2 Å². The second-order valence-electron chi connectivity index (χ2n) is 13.8. The highest BCUT2D eigenvalue weighted by Crippen LogP contribution is 2.39. The summed E-state index contributed by atoms with van der Waals surface area (Å²) in [5, 5.41) is 6.76. The van der Waals surface area contributed by atoms with Crippen molar-refractivity contribution in [3.63, 3.8) is 0 Å². The molecule has 252 valence electrons. The highest BCUT2D eigenvalue weighted by atomic mass is 16.3. The first-order valence-corrected chi connectivity index (χ1v) is 18.1. The van der Waals surface area contributed by atoms with Crippen molar-refractivity contribution in [3.05, 3.63) is 182 Å². The van der Waals surface area contributed by atoms with Gasteiger partial charge in [0.15, 0.2) is 5.82 Å². The fourth-order valence-electron chi connectivity index (χ4n) is 7.73. The molecule has 54 heavy (non-hydrogen) atoms. The first-order valence-electron chi connectivity index (χ1n) is 18.1. The average molecular weight is 691 g/mol. The summed E-state index contributed by atoms with van der Waals surface area (Å²) in [6.45, 7) is 0. The Kier molecular flexibility index (Phi) is 6.82. The Hall–Kier alpha value is -7.30. The predicted molar refractivity (Wildman–Crippen MR) is 221 cm³/mol. The Labute approximate surface area is 310 Å². The van der Waals surface area contributed by atoms with Gasteiger partial charge in [-0.25, -0.2) is 9.97 Å². The number of hydrogen-bond acceptors (Lipinski definition) is 4. The minimum atomic E-state index is 0.671. The topological polar surface area (TPSA) is 52.1 Å². The van der Waals surface area contributed by atoms with Gasteiger partial charge in [0, 0.05) is 38.2 Å². The Balaban J connectivity index is 1.14. The molecule has 11 aromatic rings. The van der Waals surface area contributed by atoms with Gasteiger partial charge in [0.05, 0.1) is 11.4 Å². The van der Waals surface area contributed by atoms with Crippen LogP contribution in [-0.2, 0) is 0 Å². The summed E-state index contributed by atoms with van der Waals surface area (Å²) in [4.78, 5) is 10.4. The summed E-state index contributed by atoms with van der Waals surface area (Å²) < 4.78 is 12.4. The molecule has 3 aromatic heterocycles. The normalized spacial score (nSPS) is 11.7. The monoisotopic (exact) mass is 690 g/mol. The maximum Gasteiger partial charge on any atom is 0.160 e. The van der Waals surface area contributed by atoms with E-state index >= 15 is 0 Å². The summed E-state index contributed by atoms with van der Waals surface area (Å²) in [6, 6.07) is 63.5. The number of hydrogen-bond donors (Lipinski definition) is 0. The lowest BCUT2D eigenvalue weighted by atomic mass is 9.93. The van der Waals surface area contributed by atoms with Gasteiger partial charge in [-0.1, -0.05) is 109 Å². The summed E-state index contributed by atoms with van der Waals surface area (Å²) in [5.74, 6) is 0.671. The van der Waals surface area contributed by atoms with E-state index in [4.69, 9.17) is 18.8 Å². The van der Waals surface area contributed by atoms with Crippen molar-refractivity contribution in [1.29, 1.82) is 0 Å². The van der Waals surface area contributed by atoms with Gasteiger partial charge in [-0.3, -0.25) is 0 Å². The third kappa shape index (κ3) is 5.15. The molecule has 0 atom stereocenters. The minimum Gasteiger partial charge on any atom is -0.456 e. The van der Waals surface area contributed by atoms with E-state index in [9.17, 15) is 0 Å². The Morgan fingerprint density at radius 1 is 0.278 bits per heavy atom. The number of furan rings is 2. The molecule has 0 saturated heterocycles. The molecule has 0 amide bonds. The van der Waals surface area contributed by atoms with Gasteiger partial charge in [0.1, 0.15) is 22.3 Å². The zero-order valence-corrected chi connectivity index (χ0v) is 29.0. The number of benzene rings is 8. The molecule has 0 aliphatic heterocycles. The van der Waals surface area contributed by atoms with E-state index in [1.807, 2.05) is 54.6 Å². The van der Waals surface area contributed by atoms with Crippen molar-refractivity contribution in [3.8, 4) is 56.2 Å². The lowest BCUT2D eigenvalue weighted by Crippen LogP contribution is -1.96. The van der Waals surface area contributed by atoms with Crippen LogP contribution in [0.5, 0.6) is 0 Å². The lowest BCUT2D eigenvalue weighted by Gasteiger charge is -2.14. The second kappa shape index (κ2) is 12.1. The molecule has 0 bridgehead atoms. The van der Waals surface area contributed by atoms with Gasteiger partial charge in [0.25, 0.3) is 0 Å². The van der Waals surface area contributed by atoms with Crippen molar-refractivity contribution in [2.45, 2.75) is 0 Å². The van der Waals surface area contributed by atoms with Crippen molar-refractivity contribution < 1.29 is 8.83 Å². The van der Waals surface area contributed by atoms with Crippen molar-refractivity contribution >= 4 is 54.6 Å². The first kappa shape index (κ1) is 30.3. The smallest absolute Gasteiger partial charge is 0.160 e. The fourth-order valence-corrected chi connectivity index (χ4v) is 7.73. The summed E-state index contributed by atoms with van der Waals surface area (Å²) in [5.41, 5.74) is 12.6. The SMILES string of the molecule is c1ccc(-c2nc(-c3cc(-c4ccc5ccccc5c4)cc(-c4ccc5oc6ccccc6c5c4)c3)cc(-c3ccc4oc5ccccc5c4c3)n2)cc1. The van der Waals surface area contributed by atoms with Crippen LogP contribution in [0.1, 0.15) is 0 Å². The standard InChI is InChI=1S/C50H30N2O2/c1-2-11-32(12-3-1)50-51-44(36-21-23-49-43(29-36)41-15-7-9-17-47(41)54-49)30-45(52-50)39-26-37(34-19-18-31-10-4-5-13-33(31)24-34)25-38(27-39)35-20-22-48-42(28-35)40-14-6-8-16-46(40)53-48/h1-30H. The van der Waals surface area contributed by atoms with E-state index in [1.165, 1.54) is 10.8 Å². The van der Waals surface area contributed by atoms with Crippen molar-refractivity contribution in [1.82, 2.24) is 9.97 Å². The van der Waals surface area contributed by atoms with Crippen LogP contribution in [0.3, 0.4) is 0 Å². The molecule has 0 saturated carbocycles. The predicted octanol–water partition coefficient (Wildman–Crippen LogP) is 13.8. The minimum absolute atomic E-state index is 0.671. The molecule has 0 aliphatic rings. The van der Waals surface area contributed by atoms with E-state index in [2.05, 4.69) is 127 Å². The number of fused-ring (bicyclic) bond motifs is 7. The summed E-state index contributed by atoms with van der Waals surface area (Å²) in [7, 11) is 0. The van der Waals surface area contributed by atoms with Gasteiger partial charge in [-0.2, -0.15) is 0 Å². The van der Waals surface area contributed by atoms with Gasteiger partial charge in [-0.15, -0.1) is 0 Å². The molecule has 0 N–H and O–H groups in total. The number of rotatable bonds is 5. The van der Waals surface area contributed by atoms with E-state index < -0.39 is 0 Å². The van der Waals surface area contributed by atoms with Crippen LogP contribution >= 0.6 is 0 Å². The van der Waals surface area contributed by atoms with Crippen LogP contribution < -0.4 is 0 Å². The molecule has 0 aliphatic carbocycles. The van der Waals surface area contributed by atoms with Crippen LogP contribution in [0.4, 0.5) is 0 Å². The molecular formula is C50H30N2O2. The molecule has 8 aromatic carbocycles. The molecule has 4 heteroatoms. The second-order valence-corrected chi connectivity index (χ2v) is 13.8. The Morgan fingerprint density at radius 2 is 0.778 bits per heavy atom. The Morgan fingerprint density at radius 3 is 1.48 bits per heavy atom. The van der Waals surface area contributed by atoms with Crippen LogP contribution in [0.15, 0.2) is 191 Å². The number of aromatic nitrogens is 2. The molecule has 0 fully saturated rings.